The van der Waals surface area contributed by atoms with Crippen LogP contribution < -0.4 is 16.0 Å². The number of rotatable bonds is 7. The number of hydrogen-bond acceptors (Lipinski definition) is 4. The summed E-state index contributed by atoms with van der Waals surface area (Å²) in [5, 5.41) is 13.6. The van der Waals surface area contributed by atoms with Crippen LogP contribution in [0.15, 0.2) is 72.0 Å². The number of carbonyl (C=O) groups excluding carboxylic acids is 1. The molecular formula is C25H32N6O2. The predicted molar refractivity (Wildman–Crippen MR) is 132 cm³/mol. The van der Waals surface area contributed by atoms with Crippen molar-refractivity contribution >= 4 is 17.7 Å². The van der Waals surface area contributed by atoms with Gasteiger partial charge in [0.1, 0.15) is 5.60 Å². The van der Waals surface area contributed by atoms with Crippen LogP contribution in [0.2, 0.25) is 0 Å². The molecule has 0 fully saturated rings. The first-order valence-electron chi connectivity index (χ1n) is 10.9. The molecule has 0 saturated carbocycles. The Bertz CT molecular complexity index is 1040. The van der Waals surface area contributed by atoms with Gasteiger partial charge in [-0.1, -0.05) is 24.3 Å². The van der Waals surface area contributed by atoms with Crippen molar-refractivity contribution in [2.45, 2.75) is 39.3 Å². The minimum atomic E-state index is -0.522. The summed E-state index contributed by atoms with van der Waals surface area (Å²) in [6, 6.07) is 17.9. The minimum Gasteiger partial charge on any atom is -0.444 e. The molecule has 3 rings (SSSR count). The van der Waals surface area contributed by atoms with Crippen molar-refractivity contribution in [1.29, 1.82) is 0 Å². The SMILES string of the molecule is CN=C(NCCc1ccc(NC(=O)OC(C)(C)C)cc1)NCc1ccc(-n2cccn2)cc1. The molecule has 0 radical (unpaired) electrons. The van der Waals surface area contributed by atoms with Crippen molar-refractivity contribution in [2.75, 3.05) is 18.9 Å². The van der Waals surface area contributed by atoms with Crippen LogP contribution in [0.25, 0.3) is 5.69 Å². The number of aliphatic imine (C=N–C) groups is 1. The molecule has 174 valence electrons. The standard InChI is InChI=1S/C25H32N6O2/c1-25(2,3)33-24(32)30-21-10-6-19(7-11-21)14-16-27-23(26-4)28-18-20-8-12-22(13-9-20)31-17-5-15-29-31/h5-13,15,17H,14,16,18H2,1-4H3,(H,30,32)(H2,26,27,28). The monoisotopic (exact) mass is 448 g/mol. The van der Waals surface area contributed by atoms with E-state index in [9.17, 15) is 4.79 Å². The van der Waals surface area contributed by atoms with Crippen LogP contribution in [-0.4, -0.2) is 41.0 Å². The third kappa shape index (κ3) is 7.99. The molecule has 2 aromatic carbocycles. The van der Waals surface area contributed by atoms with Crippen LogP contribution in [-0.2, 0) is 17.7 Å². The number of carbonyl (C=O) groups is 1. The van der Waals surface area contributed by atoms with E-state index in [4.69, 9.17) is 4.74 Å². The van der Waals surface area contributed by atoms with Crippen LogP contribution >= 0.6 is 0 Å². The zero-order valence-corrected chi connectivity index (χ0v) is 19.6. The quantitative estimate of drug-likeness (QED) is 0.373. The largest absolute Gasteiger partial charge is 0.444 e. The molecule has 0 aliphatic carbocycles. The van der Waals surface area contributed by atoms with Crippen LogP contribution in [0.4, 0.5) is 10.5 Å². The van der Waals surface area contributed by atoms with Gasteiger partial charge in [0.2, 0.25) is 0 Å². The number of guanidine groups is 1. The summed E-state index contributed by atoms with van der Waals surface area (Å²) in [7, 11) is 1.76. The normalized spacial score (nSPS) is 11.7. The third-order valence-corrected chi connectivity index (χ3v) is 4.69. The van der Waals surface area contributed by atoms with E-state index in [0.717, 1.165) is 35.7 Å². The fourth-order valence-electron chi connectivity index (χ4n) is 3.10. The molecule has 0 spiro atoms. The maximum atomic E-state index is 11.9. The highest BCUT2D eigenvalue weighted by Gasteiger charge is 2.16. The molecule has 3 aromatic rings. The second-order valence-corrected chi connectivity index (χ2v) is 8.54. The molecule has 8 nitrogen and oxygen atoms in total. The van der Waals surface area contributed by atoms with Crippen LogP contribution in [0.3, 0.4) is 0 Å². The van der Waals surface area contributed by atoms with E-state index in [1.54, 1.807) is 13.2 Å². The number of aromatic nitrogens is 2. The van der Waals surface area contributed by atoms with Gasteiger partial charge in [-0.05, 0) is 68.7 Å². The van der Waals surface area contributed by atoms with Gasteiger partial charge in [-0.15, -0.1) is 0 Å². The summed E-state index contributed by atoms with van der Waals surface area (Å²) in [5.41, 5.74) is 3.52. The molecule has 3 N–H and O–H groups in total. The van der Waals surface area contributed by atoms with E-state index < -0.39 is 11.7 Å². The third-order valence-electron chi connectivity index (χ3n) is 4.69. The summed E-state index contributed by atoms with van der Waals surface area (Å²) in [6.45, 7) is 6.92. The van der Waals surface area contributed by atoms with Crippen molar-refractivity contribution in [1.82, 2.24) is 20.4 Å². The topological polar surface area (TPSA) is 92.6 Å². The summed E-state index contributed by atoms with van der Waals surface area (Å²) in [4.78, 5) is 16.1. The summed E-state index contributed by atoms with van der Waals surface area (Å²) >= 11 is 0. The van der Waals surface area contributed by atoms with E-state index in [1.807, 2.05) is 74.1 Å². The zero-order chi connectivity index (χ0) is 23.7. The summed E-state index contributed by atoms with van der Waals surface area (Å²) < 4.78 is 7.10. The lowest BCUT2D eigenvalue weighted by atomic mass is 10.1. The van der Waals surface area contributed by atoms with Crippen molar-refractivity contribution in [3.63, 3.8) is 0 Å². The molecule has 0 unspecified atom stereocenters. The summed E-state index contributed by atoms with van der Waals surface area (Å²) in [6.07, 6.45) is 4.05. The molecule has 0 saturated heterocycles. The van der Waals surface area contributed by atoms with Gasteiger partial charge >= 0.3 is 6.09 Å². The van der Waals surface area contributed by atoms with Gasteiger partial charge in [0.05, 0.1) is 5.69 Å². The minimum absolute atomic E-state index is 0.456. The van der Waals surface area contributed by atoms with Crippen molar-refractivity contribution in [3.8, 4) is 5.69 Å². The average molecular weight is 449 g/mol. The number of hydrogen-bond donors (Lipinski definition) is 3. The van der Waals surface area contributed by atoms with Crippen LogP contribution in [0.1, 0.15) is 31.9 Å². The lowest BCUT2D eigenvalue weighted by Crippen LogP contribution is -2.37. The molecule has 1 heterocycles. The average Bonchev–Trinajstić information content (AvgIpc) is 3.31. The van der Waals surface area contributed by atoms with E-state index >= 15 is 0 Å². The maximum Gasteiger partial charge on any atom is 0.412 e. The first-order chi connectivity index (χ1) is 15.8. The number of benzene rings is 2. The van der Waals surface area contributed by atoms with E-state index in [-0.39, 0.29) is 0 Å². The van der Waals surface area contributed by atoms with E-state index in [1.165, 1.54) is 0 Å². The maximum absolute atomic E-state index is 11.9. The van der Waals surface area contributed by atoms with Crippen molar-refractivity contribution in [2.24, 2.45) is 4.99 Å². The second-order valence-electron chi connectivity index (χ2n) is 8.54. The van der Waals surface area contributed by atoms with Crippen molar-refractivity contribution < 1.29 is 9.53 Å². The number of amides is 1. The molecule has 0 aliphatic heterocycles. The molecule has 1 amide bonds. The highest BCUT2D eigenvalue weighted by Crippen LogP contribution is 2.13. The van der Waals surface area contributed by atoms with Gasteiger partial charge in [0, 0.05) is 38.2 Å². The van der Waals surface area contributed by atoms with Crippen molar-refractivity contribution in [3.05, 3.63) is 78.1 Å². The Labute approximate surface area is 195 Å². The Balaban J connectivity index is 1.40. The Morgan fingerprint density at radius 2 is 1.73 bits per heavy atom. The van der Waals surface area contributed by atoms with Gasteiger partial charge in [0.25, 0.3) is 0 Å². The molecule has 0 bridgehead atoms. The smallest absolute Gasteiger partial charge is 0.412 e. The predicted octanol–water partition coefficient (Wildman–Crippen LogP) is 4.13. The highest BCUT2D eigenvalue weighted by molar-refractivity contribution is 5.84. The number of ether oxygens (including phenoxy) is 1. The molecule has 0 atom stereocenters. The van der Waals surface area contributed by atoms with E-state index in [2.05, 4.69) is 38.2 Å². The molecule has 33 heavy (non-hydrogen) atoms. The Kier molecular flexibility index (Phi) is 8.07. The van der Waals surface area contributed by atoms with Crippen LogP contribution in [0.5, 0.6) is 0 Å². The lowest BCUT2D eigenvalue weighted by molar-refractivity contribution is 0.0636. The fourth-order valence-corrected chi connectivity index (χ4v) is 3.10. The Morgan fingerprint density at radius 1 is 1.03 bits per heavy atom. The molecule has 0 aliphatic rings. The van der Waals surface area contributed by atoms with Gasteiger partial charge < -0.3 is 15.4 Å². The lowest BCUT2D eigenvalue weighted by Gasteiger charge is -2.19. The molecule has 1 aromatic heterocycles. The molecule has 8 heteroatoms. The molecular weight excluding hydrogens is 416 g/mol. The number of nitrogens with zero attached hydrogens (tertiary/aromatic N) is 3. The van der Waals surface area contributed by atoms with Gasteiger partial charge in [0.15, 0.2) is 5.96 Å². The second kappa shape index (κ2) is 11.2. The van der Waals surface area contributed by atoms with Gasteiger partial charge in [-0.25, -0.2) is 9.48 Å². The Morgan fingerprint density at radius 3 is 2.33 bits per heavy atom. The van der Waals surface area contributed by atoms with Gasteiger partial charge in [-0.3, -0.25) is 10.3 Å². The first kappa shape index (κ1) is 23.8. The van der Waals surface area contributed by atoms with Crippen LogP contribution in [0, 0.1) is 0 Å². The highest BCUT2D eigenvalue weighted by atomic mass is 16.6. The first-order valence-corrected chi connectivity index (χ1v) is 10.9. The summed E-state index contributed by atoms with van der Waals surface area (Å²) in [5.74, 6) is 0.745. The fraction of sp³-hybridized carbons (Fsp3) is 0.320. The zero-order valence-electron chi connectivity index (χ0n) is 19.6. The number of nitrogens with one attached hydrogen (secondary N) is 3. The Hall–Kier alpha value is -3.81. The van der Waals surface area contributed by atoms with E-state index in [0.29, 0.717) is 12.2 Å². The number of anilines is 1. The van der Waals surface area contributed by atoms with Gasteiger partial charge in [-0.2, -0.15) is 5.10 Å².